The summed E-state index contributed by atoms with van der Waals surface area (Å²) < 4.78 is 0. The van der Waals surface area contributed by atoms with Crippen LogP contribution in [-0.2, 0) is 0 Å². The molecule has 0 amide bonds. The van der Waals surface area contributed by atoms with Gasteiger partial charge in [0.1, 0.15) is 0 Å². The molecule has 3 rings (SSSR count). The van der Waals surface area contributed by atoms with E-state index in [0.29, 0.717) is 12.1 Å². The molecular weight excluding hydrogens is 258 g/mol. The lowest BCUT2D eigenvalue weighted by atomic mass is 10.1. The van der Waals surface area contributed by atoms with Gasteiger partial charge in [0, 0.05) is 24.0 Å². The van der Waals surface area contributed by atoms with Crippen molar-refractivity contribution in [1.29, 1.82) is 0 Å². The lowest BCUT2D eigenvalue weighted by Gasteiger charge is -2.24. The smallest absolute Gasteiger partial charge is 0.0703 e. The van der Waals surface area contributed by atoms with Gasteiger partial charge in [-0.15, -0.1) is 0 Å². The number of para-hydroxylation sites is 1. The van der Waals surface area contributed by atoms with Crippen LogP contribution >= 0.6 is 0 Å². The Bertz CT molecular complexity index is 594. The van der Waals surface area contributed by atoms with Crippen molar-refractivity contribution >= 4 is 16.6 Å². The molecule has 0 saturated carbocycles. The second-order valence-corrected chi connectivity index (χ2v) is 6.32. The largest absolute Gasteiger partial charge is 0.381 e. The molecule has 1 aliphatic heterocycles. The summed E-state index contributed by atoms with van der Waals surface area (Å²) in [6.45, 7) is 7.00. The van der Waals surface area contributed by atoms with Crippen molar-refractivity contribution in [2.45, 2.75) is 45.2 Å². The molecule has 3 heteroatoms. The molecule has 0 bridgehead atoms. The highest BCUT2D eigenvalue weighted by atomic mass is 15.1. The molecule has 2 heterocycles. The maximum Gasteiger partial charge on any atom is 0.0703 e. The van der Waals surface area contributed by atoms with Crippen LogP contribution in [0.3, 0.4) is 0 Å². The highest BCUT2D eigenvalue weighted by Crippen LogP contribution is 2.20. The number of nitrogens with zero attached hydrogens (tertiary/aromatic N) is 2. The van der Waals surface area contributed by atoms with E-state index >= 15 is 0 Å². The number of anilines is 1. The number of likely N-dealkylation sites (tertiary alicyclic amines) is 1. The van der Waals surface area contributed by atoms with Crippen molar-refractivity contribution in [2.24, 2.45) is 0 Å². The third kappa shape index (κ3) is 3.53. The van der Waals surface area contributed by atoms with Crippen LogP contribution in [-0.4, -0.2) is 35.1 Å². The van der Waals surface area contributed by atoms with E-state index in [0.717, 1.165) is 11.2 Å². The Morgan fingerprint density at radius 3 is 2.90 bits per heavy atom. The molecule has 1 aromatic carbocycles. The Kier molecular flexibility index (Phi) is 4.39. The summed E-state index contributed by atoms with van der Waals surface area (Å²) >= 11 is 0. The molecule has 1 atom stereocenters. The van der Waals surface area contributed by atoms with Gasteiger partial charge in [0.25, 0.3) is 0 Å². The van der Waals surface area contributed by atoms with Crippen LogP contribution < -0.4 is 5.32 Å². The lowest BCUT2D eigenvalue weighted by Crippen LogP contribution is -2.32. The maximum atomic E-state index is 4.54. The molecule has 1 aromatic heterocycles. The van der Waals surface area contributed by atoms with E-state index in [1.165, 1.54) is 37.7 Å². The third-order valence-electron chi connectivity index (χ3n) is 4.45. The van der Waals surface area contributed by atoms with Crippen molar-refractivity contribution in [1.82, 2.24) is 9.88 Å². The van der Waals surface area contributed by atoms with Crippen LogP contribution in [0, 0.1) is 0 Å². The summed E-state index contributed by atoms with van der Waals surface area (Å²) in [6.07, 6.45) is 5.70. The van der Waals surface area contributed by atoms with Gasteiger partial charge in [0.05, 0.1) is 17.4 Å². The second kappa shape index (κ2) is 6.44. The molecule has 2 aromatic rings. The minimum Gasteiger partial charge on any atom is -0.381 e. The molecule has 1 fully saturated rings. The Morgan fingerprint density at radius 2 is 2.05 bits per heavy atom. The van der Waals surface area contributed by atoms with E-state index in [1.54, 1.807) is 0 Å². The van der Waals surface area contributed by atoms with Gasteiger partial charge in [0.2, 0.25) is 0 Å². The fourth-order valence-corrected chi connectivity index (χ4v) is 3.16. The van der Waals surface area contributed by atoms with Gasteiger partial charge in [-0.05, 0) is 51.8 Å². The van der Waals surface area contributed by atoms with E-state index < -0.39 is 0 Å². The molecule has 0 aliphatic carbocycles. The second-order valence-electron chi connectivity index (χ2n) is 6.32. The first-order valence-corrected chi connectivity index (χ1v) is 8.08. The zero-order chi connectivity index (χ0) is 14.7. The molecule has 0 spiro atoms. The summed E-state index contributed by atoms with van der Waals surface area (Å²) in [5.74, 6) is 0. The number of benzene rings is 1. The highest BCUT2D eigenvalue weighted by molar-refractivity contribution is 5.81. The van der Waals surface area contributed by atoms with Crippen LogP contribution in [0.1, 0.15) is 33.1 Å². The monoisotopic (exact) mass is 283 g/mol. The van der Waals surface area contributed by atoms with E-state index in [9.17, 15) is 0 Å². The fraction of sp³-hybridized carbons (Fsp3) is 0.500. The number of rotatable bonds is 3. The summed E-state index contributed by atoms with van der Waals surface area (Å²) in [5, 5.41) is 4.89. The molecule has 112 valence electrons. The molecule has 3 nitrogen and oxygen atoms in total. The van der Waals surface area contributed by atoms with E-state index in [2.05, 4.69) is 53.3 Å². The van der Waals surface area contributed by atoms with Crippen LogP contribution in [0.25, 0.3) is 10.9 Å². The van der Waals surface area contributed by atoms with Crippen molar-refractivity contribution < 1.29 is 0 Å². The van der Waals surface area contributed by atoms with Gasteiger partial charge in [-0.2, -0.15) is 0 Å². The van der Waals surface area contributed by atoms with Gasteiger partial charge >= 0.3 is 0 Å². The predicted octanol–water partition coefficient (Wildman–Crippen LogP) is 3.91. The number of fused-ring (bicyclic) bond motifs is 1. The van der Waals surface area contributed by atoms with Gasteiger partial charge in [-0.3, -0.25) is 4.98 Å². The number of hydrogen-bond donors (Lipinski definition) is 1. The molecular formula is C18H25N3. The van der Waals surface area contributed by atoms with Crippen LogP contribution in [0.2, 0.25) is 0 Å². The van der Waals surface area contributed by atoms with Crippen LogP contribution in [0.15, 0.2) is 36.5 Å². The molecule has 1 unspecified atom stereocenters. The molecule has 0 radical (unpaired) electrons. The summed E-state index contributed by atoms with van der Waals surface area (Å²) in [7, 11) is 0. The van der Waals surface area contributed by atoms with Gasteiger partial charge < -0.3 is 10.2 Å². The molecule has 1 saturated heterocycles. The van der Waals surface area contributed by atoms with Gasteiger partial charge in [-0.25, -0.2) is 0 Å². The zero-order valence-electron chi connectivity index (χ0n) is 13.0. The van der Waals surface area contributed by atoms with Gasteiger partial charge in [0.15, 0.2) is 0 Å². The average Bonchev–Trinajstić information content (AvgIpc) is 2.73. The summed E-state index contributed by atoms with van der Waals surface area (Å²) in [5.41, 5.74) is 2.21. The van der Waals surface area contributed by atoms with E-state index in [4.69, 9.17) is 0 Å². The highest BCUT2D eigenvalue weighted by Gasteiger charge is 2.18. The Hall–Kier alpha value is -1.61. The van der Waals surface area contributed by atoms with Crippen molar-refractivity contribution in [2.75, 3.05) is 18.4 Å². The Morgan fingerprint density at radius 1 is 1.19 bits per heavy atom. The molecule has 1 aliphatic rings. The predicted molar refractivity (Wildman–Crippen MR) is 89.7 cm³/mol. The number of hydrogen-bond acceptors (Lipinski definition) is 3. The number of nitrogens with one attached hydrogen (secondary N) is 1. The van der Waals surface area contributed by atoms with Crippen LogP contribution in [0.5, 0.6) is 0 Å². The molecule has 21 heavy (non-hydrogen) atoms. The van der Waals surface area contributed by atoms with Crippen molar-refractivity contribution in [3.8, 4) is 0 Å². The standard InChI is InChI=1S/C18H25N3/c1-14(2)21-10-5-7-16(9-11-21)20-17-12-15-6-3-4-8-18(15)19-13-17/h3-4,6,8,12-14,16,20H,5,7,9-11H2,1-2H3. The van der Waals surface area contributed by atoms with E-state index in [-0.39, 0.29) is 0 Å². The Balaban J connectivity index is 1.67. The summed E-state index contributed by atoms with van der Waals surface area (Å²) in [6, 6.07) is 11.7. The van der Waals surface area contributed by atoms with E-state index in [1.807, 2.05) is 12.3 Å². The number of pyridine rings is 1. The first kappa shape index (κ1) is 14.3. The SMILES string of the molecule is CC(C)N1CCCC(Nc2cnc3ccccc3c2)CC1. The minimum atomic E-state index is 0.566. The number of aromatic nitrogens is 1. The summed E-state index contributed by atoms with van der Waals surface area (Å²) in [4.78, 5) is 7.12. The van der Waals surface area contributed by atoms with Crippen LogP contribution in [0.4, 0.5) is 5.69 Å². The minimum absolute atomic E-state index is 0.566. The average molecular weight is 283 g/mol. The quantitative estimate of drug-likeness (QED) is 0.925. The normalized spacial score (nSPS) is 20.6. The Labute approximate surface area is 127 Å². The maximum absolute atomic E-state index is 4.54. The fourth-order valence-electron chi connectivity index (χ4n) is 3.16. The van der Waals surface area contributed by atoms with Gasteiger partial charge in [-0.1, -0.05) is 18.2 Å². The molecule has 1 N–H and O–H groups in total. The van der Waals surface area contributed by atoms with Crippen molar-refractivity contribution in [3.63, 3.8) is 0 Å². The first-order chi connectivity index (χ1) is 10.2. The topological polar surface area (TPSA) is 28.2 Å². The van der Waals surface area contributed by atoms with Crippen molar-refractivity contribution in [3.05, 3.63) is 36.5 Å². The zero-order valence-corrected chi connectivity index (χ0v) is 13.0. The lowest BCUT2D eigenvalue weighted by molar-refractivity contribution is 0.230. The third-order valence-corrected chi connectivity index (χ3v) is 4.45. The first-order valence-electron chi connectivity index (χ1n) is 8.08.